The molecule has 0 atom stereocenters. The second-order valence-electron chi connectivity index (χ2n) is 3.36. The maximum Gasteiger partial charge on any atom is 0.573 e. The van der Waals surface area contributed by atoms with Crippen LogP contribution < -0.4 is 10.3 Å². The molecule has 0 amide bonds. The van der Waals surface area contributed by atoms with Crippen LogP contribution in [-0.4, -0.2) is 23.9 Å². The summed E-state index contributed by atoms with van der Waals surface area (Å²) in [6, 6.07) is 0.242. The molecule has 1 rings (SSSR count). The number of carbonyl (C=O) groups is 1. The maximum absolute atomic E-state index is 12.7. The number of hydrogen-bond donors (Lipinski definition) is 1. The lowest BCUT2D eigenvalue weighted by atomic mass is 10.1. The van der Waals surface area contributed by atoms with Gasteiger partial charge in [-0.15, -0.1) is 13.2 Å². The van der Waals surface area contributed by atoms with Crippen molar-refractivity contribution in [2.45, 2.75) is 19.7 Å². The highest BCUT2D eigenvalue weighted by molar-refractivity contribution is 5.93. The van der Waals surface area contributed by atoms with Crippen LogP contribution in [0, 0.1) is 0 Å². The smallest absolute Gasteiger partial charge is 0.462 e. The molecule has 0 aliphatic heterocycles. The van der Waals surface area contributed by atoms with Crippen LogP contribution in [-0.2, 0) is 4.74 Å². The van der Waals surface area contributed by atoms with Crippen molar-refractivity contribution in [2.75, 3.05) is 6.61 Å². The van der Waals surface area contributed by atoms with Gasteiger partial charge in [0, 0.05) is 6.07 Å². The third-order valence-corrected chi connectivity index (χ3v) is 1.96. The minimum absolute atomic E-state index is 0.242. The fraction of sp³-hybridized carbons (Fsp3) is 0.400. The predicted octanol–water partition coefficient (Wildman–Crippen LogP) is 2.39. The summed E-state index contributed by atoms with van der Waals surface area (Å²) in [4.78, 5) is 24.1. The van der Waals surface area contributed by atoms with Crippen molar-refractivity contribution >= 4 is 5.97 Å². The molecule has 0 spiro atoms. The number of esters is 1. The van der Waals surface area contributed by atoms with Gasteiger partial charge < -0.3 is 14.5 Å². The fourth-order valence-electron chi connectivity index (χ4n) is 1.34. The zero-order valence-electron chi connectivity index (χ0n) is 9.88. The van der Waals surface area contributed by atoms with Crippen molar-refractivity contribution < 1.29 is 36.2 Å². The number of aromatic nitrogens is 1. The fourth-order valence-corrected chi connectivity index (χ4v) is 1.34. The lowest BCUT2D eigenvalue weighted by Crippen LogP contribution is -2.24. The highest BCUT2D eigenvalue weighted by Gasteiger charge is 2.35. The molecule has 1 N–H and O–H groups in total. The van der Waals surface area contributed by atoms with Crippen LogP contribution >= 0.6 is 0 Å². The maximum atomic E-state index is 12.7. The Morgan fingerprint density at radius 2 is 2.00 bits per heavy atom. The van der Waals surface area contributed by atoms with Gasteiger partial charge in [-0.05, 0) is 6.92 Å². The molecule has 0 unspecified atom stereocenters. The Morgan fingerprint density at radius 3 is 2.45 bits per heavy atom. The Bertz CT molecular complexity index is 552. The molecule has 5 nitrogen and oxygen atoms in total. The van der Waals surface area contributed by atoms with Crippen molar-refractivity contribution in [2.24, 2.45) is 0 Å². The topological polar surface area (TPSA) is 68.4 Å². The van der Waals surface area contributed by atoms with E-state index in [9.17, 15) is 31.5 Å². The zero-order chi connectivity index (χ0) is 15.5. The van der Waals surface area contributed by atoms with Crippen LogP contribution in [0.1, 0.15) is 29.4 Å². The van der Waals surface area contributed by atoms with Crippen LogP contribution in [0.25, 0.3) is 0 Å². The van der Waals surface area contributed by atoms with Crippen molar-refractivity contribution in [1.82, 2.24) is 4.98 Å². The molecule has 0 saturated carbocycles. The summed E-state index contributed by atoms with van der Waals surface area (Å²) in [7, 11) is 0. The Hall–Kier alpha value is -2.13. The van der Waals surface area contributed by atoms with Crippen LogP contribution in [0.3, 0.4) is 0 Å². The molecule has 1 aromatic heterocycles. The number of pyridine rings is 1. The zero-order valence-corrected chi connectivity index (χ0v) is 9.88. The lowest BCUT2D eigenvalue weighted by molar-refractivity contribution is -0.274. The van der Waals surface area contributed by atoms with E-state index in [0.29, 0.717) is 0 Å². The first-order valence-corrected chi connectivity index (χ1v) is 5.14. The van der Waals surface area contributed by atoms with E-state index in [1.807, 2.05) is 0 Å². The van der Waals surface area contributed by atoms with E-state index < -0.39 is 41.3 Å². The molecule has 1 aromatic rings. The molecule has 0 radical (unpaired) electrons. The summed E-state index contributed by atoms with van der Waals surface area (Å²) in [5.41, 5.74) is -3.73. The van der Waals surface area contributed by atoms with Crippen LogP contribution in [0.2, 0.25) is 0 Å². The van der Waals surface area contributed by atoms with Crippen molar-refractivity contribution in [1.29, 1.82) is 0 Å². The van der Waals surface area contributed by atoms with Gasteiger partial charge in [-0.25, -0.2) is 13.6 Å². The van der Waals surface area contributed by atoms with Gasteiger partial charge in [-0.2, -0.15) is 0 Å². The number of carbonyl (C=O) groups excluding carboxylic acids is 1. The molecule has 0 aliphatic rings. The molecular weight excluding hydrogens is 293 g/mol. The van der Waals surface area contributed by atoms with E-state index in [0.717, 1.165) is 0 Å². The minimum atomic E-state index is -5.26. The van der Waals surface area contributed by atoms with Gasteiger partial charge >= 0.3 is 12.3 Å². The molecule has 0 aromatic carbocycles. The van der Waals surface area contributed by atoms with Gasteiger partial charge in [-0.3, -0.25) is 4.79 Å². The second kappa shape index (κ2) is 5.88. The predicted molar refractivity (Wildman–Crippen MR) is 54.7 cm³/mol. The third-order valence-electron chi connectivity index (χ3n) is 1.96. The van der Waals surface area contributed by atoms with Gasteiger partial charge in [0.1, 0.15) is 11.3 Å². The van der Waals surface area contributed by atoms with E-state index in [1.165, 1.54) is 6.92 Å². The Labute approximate surface area is 108 Å². The van der Waals surface area contributed by atoms with Gasteiger partial charge in [-0.1, -0.05) is 0 Å². The highest BCUT2D eigenvalue weighted by Crippen LogP contribution is 2.31. The minimum Gasteiger partial charge on any atom is -0.462 e. The molecule has 0 fully saturated rings. The Balaban J connectivity index is 3.47. The number of hydrogen-bond acceptors (Lipinski definition) is 4. The van der Waals surface area contributed by atoms with E-state index in [1.54, 1.807) is 4.98 Å². The number of nitrogens with one attached hydrogen (secondary N) is 1. The average Bonchev–Trinajstić information content (AvgIpc) is 2.25. The first-order valence-electron chi connectivity index (χ1n) is 5.14. The first-order chi connectivity index (χ1) is 9.15. The summed E-state index contributed by atoms with van der Waals surface area (Å²) in [6.07, 6.45) is -8.65. The molecule has 112 valence electrons. The molecule has 1 heterocycles. The summed E-state index contributed by atoms with van der Waals surface area (Å²) in [5, 5.41) is 0. The van der Waals surface area contributed by atoms with Crippen molar-refractivity contribution in [3.05, 3.63) is 27.7 Å². The van der Waals surface area contributed by atoms with Gasteiger partial charge in [0.05, 0.1) is 6.61 Å². The van der Waals surface area contributed by atoms with Crippen LogP contribution in [0.5, 0.6) is 5.75 Å². The van der Waals surface area contributed by atoms with Crippen LogP contribution in [0.4, 0.5) is 22.0 Å². The first kappa shape index (κ1) is 15.9. The summed E-state index contributed by atoms with van der Waals surface area (Å²) >= 11 is 0. The van der Waals surface area contributed by atoms with E-state index in [4.69, 9.17) is 0 Å². The van der Waals surface area contributed by atoms with Crippen molar-refractivity contribution in [3.8, 4) is 5.75 Å². The SMILES string of the molecule is CCOC(=O)c1c(OC(F)(F)F)cc(=O)[nH]c1C(F)F. The quantitative estimate of drug-likeness (QED) is 0.685. The standard InChI is InChI=1S/C10H8F5NO4/c1-2-19-9(18)6-4(20-10(13,14)15)3-5(17)16-7(6)8(11)12/h3,8H,2H2,1H3,(H,16,17). The summed E-state index contributed by atoms with van der Waals surface area (Å²) in [6.45, 7) is 1.07. The monoisotopic (exact) mass is 301 g/mol. The normalized spacial score (nSPS) is 11.6. The molecule has 0 aliphatic carbocycles. The van der Waals surface area contributed by atoms with E-state index in [-0.39, 0.29) is 12.7 Å². The Kier molecular flexibility index (Phi) is 4.69. The van der Waals surface area contributed by atoms with E-state index in [2.05, 4.69) is 9.47 Å². The third kappa shape index (κ3) is 3.93. The van der Waals surface area contributed by atoms with Gasteiger partial charge in [0.15, 0.2) is 5.75 Å². The number of rotatable bonds is 4. The van der Waals surface area contributed by atoms with E-state index >= 15 is 0 Å². The number of H-pyrrole nitrogens is 1. The molecular formula is C10H8F5NO4. The largest absolute Gasteiger partial charge is 0.573 e. The van der Waals surface area contributed by atoms with Crippen LogP contribution in [0.15, 0.2) is 10.9 Å². The van der Waals surface area contributed by atoms with Gasteiger partial charge in [0.25, 0.3) is 12.0 Å². The number of ether oxygens (including phenoxy) is 2. The molecule has 10 heteroatoms. The molecule has 0 bridgehead atoms. The average molecular weight is 301 g/mol. The Morgan fingerprint density at radius 1 is 1.40 bits per heavy atom. The number of halogens is 5. The summed E-state index contributed by atoms with van der Waals surface area (Å²) < 4.78 is 69.7. The lowest BCUT2D eigenvalue weighted by Gasteiger charge is -2.14. The highest BCUT2D eigenvalue weighted by atomic mass is 19.4. The second-order valence-corrected chi connectivity index (χ2v) is 3.36. The van der Waals surface area contributed by atoms with Gasteiger partial charge in [0.2, 0.25) is 0 Å². The molecule has 0 saturated heterocycles. The van der Waals surface area contributed by atoms with Crippen molar-refractivity contribution in [3.63, 3.8) is 0 Å². The molecule has 20 heavy (non-hydrogen) atoms. The summed E-state index contributed by atoms with van der Waals surface area (Å²) in [5.74, 6) is -2.80. The number of alkyl halides is 5. The number of aromatic amines is 1.